The molecule has 0 aliphatic rings. The number of thiazole rings is 1. The Morgan fingerprint density at radius 2 is 2.00 bits per heavy atom. The van der Waals surface area contributed by atoms with E-state index in [1.54, 1.807) is 18.2 Å². The number of halogens is 2. The van der Waals surface area contributed by atoms with E-state index in [9.17, 15) is 4.79 Å². The predicted molar refractivity (Wildman–Crippen MR) is 96.1 cm³/mol. The molecule has 2 aromatic heterocycles. The zero-order valence-corrected chi connectivity index (χ0v) is 15.4. The fourth-order valence-electron chi connectivity index (χ4n) is 1.83. The molecular formula is C15H10BrClN4O2S. The highest BCUT2D eigenvalue weighted by Crippen LogP contribution is 2.29. The van der Waals surface area contributed by atoms with E-state index in [0.717, 1.165) is 9.48 Å². The van der Waals surface area contributed by atoms with Crippen LogP contribution in [0.4, 0.5) is 5.13 Å². The van der Waals surface area contributed by atoms with Crippen molar-refractivity contribution in [2.24, 2.45) is 0 Å². The quantitative estimate of drug-likeness (QED) is 0.655. The summed E-state index contributed by atoms with van der Waals surface area (Å²) >= 11 is 10.8. The first-order valence-electron chi connectivity index (χ1n) is 6.69. The number of aromatic nitrogens is 3. The maximum Gasteiger partial charge on any atom is 0.257 e. The molecular weight excluding hydrogens is 416 g/mol. The van der Waals surface area contributed by atoms with Crippen molar-refractivity contribution in [1.82, 2.24) is 15.0 Å². The zero-order valence-electron chi connectivity index (χ0n) is 12.3. The first-order valence-corrected chi connectivity index (χ1v) is 8.68. The Morgan fingerprint density at radius 3 is 2.67 bits per heavy atom. The summed E-state index contributed by atoms with van der Waals surface area (Å²) in [4.78, 5) is 24.4. The number of ether oxygens (including phenoxy) is 1. The Bertz CT molecular complexity index is 869. The van der Waals surface area contributed by atoms with E-state index in [0.29, 0.717) is 27.2 Å². The van der Waals surface area contributed by atoms with Gasteiger partial charge in [-0.05, 0) is 41.1 Å². The van der Waals surface area contributed by atoms with Crippen LogP contribution in [0.1, 0.15) is 16.1 Å². The van der Waals surface area contributed by atoms with Crippen molar-refractivity contribution >= 4 is 49.9 Å². The first kappa shape index (κ1) is 16.8. The van der Waals surface area contributed by atoms with Gasteiger partial charge in [0.2, 0.25) is 0 Å². The van der Waals surface area contributed by atoms with Gasteiger partial charge in [0.05, 0.1) is 21.9 Å². The molecule has 9 heteroatoms. The number of rotatable bonds is 4. The molecule has 0 aliphatic heterocycles. The molecule has 3 rings (SSSR count). The second kappa shape index (κ2) is 7.25. The molecule has 2 heterocycles. The van der Waals surface area contributed by atoms with Crippen molar-refractivity contribution in [3.05, 3.63) is 57.0 Å². The van der Waals surface area contributed by atoms with Crippen LogP contribution in [0.5, 0.6) is 11.5 Å². The average molecular weight is 426 g/mol. The first-order chi connectivity index (χ1) is 11.5. The lowest BCUT2D eigenvalue weighted by Gasteiger charge is -2.08. The van der Waals surface area contributed by atoms with E-state index in [2.05, 4.69) is 36.2 Å². The Labute approximate surface area is 155 Å². The Balaban J connectivity index is 1.81. The molecule has 1 amide bonds. The van der Waals surface area contributed by atoms with Gasteiger partial charge in [0, 0.05) is 10.6 Å². The van der Waals surface area contributed by atoms with Gasteiger partial charge in [0.15, 0.2) is 10.9 Å². The molecule has 0 atom stereocenters. The molecule has 0 saturated carbocycles. The van der Waals surface area contributed by atoms with Crippen LogP contribution in [-0.2, 0) is 0 Å². The van der Waals surface area contributed by atoms with Crippen LogP contribution < -0.4 is 10.1 Å². The van der Waals surface area contributed by atoms with Gasteiger partial charge in [-0.25, -0.2) is 15.0 Å². The highest BCUT2D eigenvalue weighted by atomic mass is 79.9. The number of aryl methyl sites for hydroxylation is 1. The molecule has 0 fully saturated rings. The van der Waals surface area contributed by atoms with Crippen LogP contribution in [0.15, 0.2) is 40.7 Å². The van der Waals surface area contributed by atoms with Crippen LogP contribution in [0, 0.1) is 6.92 Å². The minimum Gasteiger partial charge on any atom is -0.454 e. The maximum absolute atomic E-state index is 12.4. The minimum absolute atomic E-state index is 0.326. The van der Waals surface area contributed by atoms with Gasteiger partial charge in [-0.1, -0.05) is 22.9 Å². The number of hydrogen-bond donors (Lipinski definition) is 1. The second-order valence-electron chi connectivity index (χ2n) is 4.68. The van der Waals surface area contributed by atoms with Gasteiger partial charge in [-0.15, -0.1) is 0 Å². The Hall–Kier alpha value is -2.03. The summed E-state index contributed by atoms with van der Waals surface area (Å²) in [7, 11) is 0. The smallest absolute Gasteiger partial charge is 0.257 e. The Morgan fingerprint density at radius 1 is 1.25 bits per heavy atom. The van der Waals surface area contributed by atoms with Gasteiger partial charge in [-0.3, -0.25) is 10.1 Å². The fourth-order valence-corrected chi connectivity index (χ4v) is 3.29. The van der Waals surface area contributed by atoms with Gasteiger partial charge < -0.3 is 4.74 Å². The largest absolute Gasteiger partial charge is 0.454 e. The number of carbonyl (C=O) groups excluding carboxylic acids is 1. The Kier molecular flexibility index (Phi) is 5.08. The fraction of sp³-hybridized carbons (Fsp3) is 0.0667. The SMILES string of the molecule is Cc1nc(NC(=O)c2cc(Cl)cc(Oc3cncnc3)c2)sc1Br. The lowest BCUT2D eigenvalue weighted by molar-refractivity contribution is 0.102. The molecule has 122 valence electrons. The number of hydrogen-bond acceptors (Lipinski definition) is 6. The third-order valence-corrected chi connectivity index (χ3v) is 5.01. The molecule has 24 heavy (non-hydrogen) atoms. The van der Waals surface area contributed by atoms with Crippen molar-refractivity contribution in [3.8, 4) is 11.5 Å². The number of anilines is 1. The monoisotopic (exact) mass is 424 g/mol. The molecule has 0 radical (unpaired) electrons. The van der Waals surface area contributed by atoms with Crippen LogP contribution >= 0.6 is 38.9 Å². The number of amides is 1. The highest BCUT2D eigenvalue weighted by Gasteiger charge is 2.13. The molecule has 0 aliphatic carbocycles. The normalized spacial score (nSPS) is 10.5. The van der Waals surface area contributed by atoms with E-state index < -0.39 is 0 Å². The third kappa shape index (κ3) is 4.08. The summed E-state index contributed by atoms with van der Waals surface area (Å²) in [6.45, 7) is 1.85. The number of carbonyl (C=O) groups is 1. The van der Waals surface area contributed by atoms with Crippen molar-refractivity contribution in [1.29, 1.82) is 0 Å². The van der Waals surface area contributed by atoms with Crippen molar-refractivity contribution < 1.29 is 9.53 Å². The lowest BCUT2D eigenvalue weighted by Crippen LogP contribution is -2.11. The van der Waals surface area contributed by atoms with Gasteiger partial charge in [-0.2, -0.15) is 0 Å². The van der Waals surface area contributed by atoms with E-state index in [4.69, 9.17) is 16.3 Å². The summed E-state index contributed by atoms with van der Waals surface area (Å²) in [6, 6.07) is 4.75. The summed E-state index contributed by atoms with van der Waals surface area (Å²) in [5.74, 6) is 0.539. The summed E-state index contributed by atoms with van der Waals surface area (Å²) in [5.41, 5.74) is 1.17. The van der Waals surface area contributed by atoms with E-state index in [1.165, 1.54) is 30.1 Å². The summed E-state index contributed by atoms with van der Waals surface area (Å²) in [5, 5.41) is 3.62. The standard InChI is InChI=1S/C15H10BrClN4O2S/c1-8-13(16)24-15(20-8)21-14(22)9-2-10(17)4-11(3-9)23-12-5-18-7-19-6-12/h2-7H,1H3,(H,20,21,22). The van der Waals surface area contributed by atoms with Crippen LogP contribution in [0.2, 0.25) is 5.02 Å². The summed E-state index contributed by atoms with van der Waals surface area (Å²) < 4.78 is 6.49. The molecule has 0 bridgehead atoms. The number of nitrogens with one attached hydrogen (secondary N) is 1. The maximum atomic E-state index is 12.4. The van der Waals surface area contributed by atoms with Gasteiger partial charge in [0.25, 0.3) is 5.91 Å². The van der Waals surface area contributed by atoms with Crippen LogP contribution in [-0.4, -0.2) is 20.9 Å². The number of nitrogens with zero attached hydrogens (tertiary/aromatic N) is 3. The molecule has 3 aromatic rings. The van der Waals surface area contributed by atoms with E-state index in [1.807, 2.05) is 6.92 Å². The van der Waals surface area contributed by atoms with Gasteiger partial charge in [0.1, 0.15) is 12.1 Å². The third-order valence-electron chi connectivity index (χ3n) is 2.87. The van der Waals surface area contributed by atoms with Gasteiger partial charge >= 0.3 is 0 Å². The van der Waals surface area contributed by atoms with Crippen LogP contribution in [0.25, 0.3) is 0 Å². The molecule has 0 spiro atoms. The van der Waals surface area contributed by atoms with E-state index in [-0.39, 0.29) is 5.91 Å². The molecule has 1 N–H and O–H groups in total. The predicted octanol–water partition coefficient (Wildman–Crippen LogP) is 4.70. The summed E-state index contributed by atoms with van der Waals surface area (Å²) in [6.07, 6.45) is 4.44. The highest BCUT2D eigenvalue weighted by molar-refractivity contribution is 9.11. The average Bonchev–Trinajstić information content (AvgIpc) is 2.85. The van der Waals surface area contributed by atoms with Crippen molar-refractivity contribution in [3.63, 3.8) is 0 Å². The minimum atomic E-state index is -0.326. The van der Waals surface area contributed by atoms with Crippen molar-refractivity contribution in [2.75, 3.05) is 5.32 Å². The number of benzene rings is 1. The van der Waals surface area contributed by atoms with Crippen molar-refractivity contribution in [2.45, 2.75) is 6.92 Å². The molecule has 0 saturated heterocycles. The second-order valence-corrected chi connectivity index (χ2v) is 7.44. The zero-order chi connectivity index (χ0) is 17.1. The molecule has 0 unspecified atom stereocenters. The van der Waals surface area contributed by atoms with E-state index >= 15 is 0 Å². The molecule has 6 nitrogen and oxygen atoms in total. The lowest BCUT2D eigenvalue weighted by atomic mass is 10.2. The van der Waals surface area contributed by atoms with Crippen LogP contribution in [0.3, 0.4) is 0 Å². The topological polar surface area (TPSA) is 77.0 Å². The molecule has 1 aromatic carbocycles.